The number of amides is 1. The van der Waals surface area contributed by atoms with Crippen molar-refractivity contribution in [3.63, 3.8) is 0 Å². The van der Waals surface area contributed by atoms with Gasteiger partial charge < -0.3 is 10.0 Å². The van der Waals surface area contributed by atoms with Crippen molar-refractivity contribution in [2.24, 2.45) is 0 Å². The van der Waals surface area contributed by atoms with Crippen LogP contribution in [0.3, 0.4) is 0 Å². The number of anilines is 1. The second-order valence-corrected chi connectivity index (χ2v) is 6.65. The van der Waals surface area contributed by atoms with Crippen LogP contribution in [0.4, 0.5) is 5.69 Å². The molecule has 0 saturated carbocycles. The van der Waals surface area contributed by atoms with Crippen LogP contribution >= 0.6 is 27.7 Å². The zero-order chi connectivity index (χ0) is 14.9. The molecule has 1 aliphatic rings. The number of aromatic carboxylic acids is 1. The first-order valence-electron chi connectivity index (χ1n) is 5.89. The predicted octanol–water partition coefficient (Wildman–Crippen LogP) is 2.53. The highest BCUT2D eigenvalue weighted by atomic mass is 79.9. The van der Waals surface area contributed by atoms with E-state index in [1.165, 1.54) is 17.9 Å². The van der Waals surface area contributed by atoms with Crippen LogP contribution < -0.4 is 4.90 Å². The maximum Gasteiger partial charge on any atom is 0.336 e. The molecule has 1 N–H and O–H groups in total. The SMILES string of the molecule is CC(=O)SC1CC(=O)N(c2cccc(C(=O)O)c2Br)C1. The first-order valence-corrected chi connectivity index (χ1v) is 7.56. The van der Waals surface area contributed by atoms with E-state index in [0.717, 1.165) is 11.8 Å². The van der Waals surface area contributed by atoms with Crippen molar-refractivity contribution in [1.29, 1.82) is 0 Å². The molecule has 2 rings (SSSR count). The molecule has 1 aromatic rings. The highest BCUT2D eigenvalue weighted by Crippen LogP contribution is 2.35. The van der Waals surface area contributed by atoms with Crippen LogP contribution in [0.25, 0.3) is 0 Å². The average molecular weight is 358 g/mol. The fraction of sp³-hybridized carbons (Fsp3) is 0.308. The number of hydrogen-bond donors (Lipinski definition) is 1. The minimum atomic E-state index is -1.06. The standard InChI is InChI=1S/C13H12BrNO4S/c1-7(16)20-8-5-11(17)15(6-8)10-4-2-3-9(12(10)14)13(18)19/h2-4,8H,5-6H2,1H3,(H,18,19). The summed E-state index contributed by atoms with van der Waals surface area (Å²) in [5.41, 5.74) is 0.638. The van der Waals surface area contributed by atoms with Gasteiger partial charge in [-0.15, -0.1) is 0 Å². The molecule has 0 aliphatic carbocycles. The summed E-state index contributed by atoms with van der Waals surface area (Å²) < 4.78 is 0.384. The molecule has 1 heterocycles. The van der Waals surface area contributed by atoms with Gasteiger partial charge >= 0.3 is 5.97 Å². The molecular formula is C13H12BrNO4S. The minimum absolute atomic E-state index is 0.0250. The normalized spacial score (nSPS) is 18.4. The van der Waals surface area contributed by atoms with Crippen LogP contribution in [0.1, 0.15) is 23.7 Å². The second-order valence-electron chi connectivity index (χ2n) is 4.38. The molecule has 1 unspecified atom stereocenters. The van der Waals surface area contributed by atoms with Gasteiger partial charge in [-0.2, -0.15) is 0 Å². The summed E-state index contributed by atoms with van der Waals surface area (Å²) in [6, 6.07) is 4.76. The van der Waals surface area contributed by atoms with Crippen LogP contribution in [0, 0.1) is 0 Å². The van der Waals surface area contributed by atoms with Gasteiger partial charge in [-0.1, -0.05) is 17.8 Å². The van der Waals surface area contributed by atoms with E-state index in [4.69, 9.17) is 5.11 Å². The van der Waals surface area contributed by atoms with Crippen molar-refractivity contribution in [2.45, 2.75) is 18.6 Å². The first-order chi connectivity index (χ1) is 9.40. The highest BCUT2D eigenvalue weighted by Gasteiger charge is 2.33. The van der Waals surface area contributed by atoms with Crippen molar-refractivity contribution in [2.75, 3.05) is 11.4 Å². The van der Waals surface area contributed by atoms with Crippen LogP contribution in [-0.2, 0) is 9.59 Å². The van der Waals surface area contributed by atoms with Crippen LogP contribution in [0.5, 0.6) is 0 Å². The Balaban J connectivity index is 2.28. The molecule has 1 aliphatic heterocycles. The summed E-state index contributed by atoms with van der Waals surface area (Å²) in [7, 11) is 0. The fourth-order valence-electron chi connectivity index (χ4n) is 2.11. The van der Waals surface area contributed by atoms with Crippen molar-refractivity contribution >= 4 is 50.4 Å². The average Bonchev–Trinajstić information content (AvgIpc) is 2.69. The number of carboxylic acids is 1. The Morgan fingerprint density at radius 2 is 2.15 bits per heavy atom. The van der Waals surface area contributed by atoms with Crippen molar-refractivity contribution < 1.29 is 19.5 Å². The number of halogens is 1. The molecule has 1 aromatic carbocycles. The Kier molecular flexibility index (Phi) is 4.49. The Hall–Kier alpha value is -1.34. The van der Waals surface area contributed by atoms with E-state index in [1.54, 1.807) is 12.1 Å². The predicted molar refractivity (Wildman–Crippen MR) is 80.1 cm³/mol. The van der Waals surface area contributed by atoms with Gasteiger partial charge in [0, 0.05) is 25.1 Å². The van der Waals surface area contributed by atoms with E-state index in [1.807, 2.05) is 0 Å². The molecule has 0 bridgehead atoms. The molecule has 0 aromatic heterocycles. The Morgan fingerprint density at radius 1 is 1.45 bits per heavy atom. The maximum absolute atomic E-state index is 12.0. The number of hydrogen-bond acceptors (Lipinski definition) is 4. The molecule has 1 saturated heterocycles. The second kappa shape index (κ2) is 5.97. The van der Waals surface area contributed by atoms with Crippen LogP contribution in [-0.4, -0.2) is 33.9 Å². The number of benzene rings is 1. The quantitative estimate of drug-likeness (QED) is 0.899. The number of carbonyl (C=O) groups is 3. The molecular weight excluding hydrogens is 346 g/mol. The fourth-order valence-corrected chi connectivity index (χ4v) is 3.68. The van der Waals surface area contributed by atoms with Crippen molar-refractivity contribution in [3.8, 4) is 0 Å². The summed E-state index contributed by atoms with van der Waals surface area (Å²) >= 11 is 4.39. The summed E-state index contributed by atoms with van der Waals surface area (Å²) in [5, 5.41) is 8.98. The summed E-state index contributed by atoms with van der Waals surface area (Å²) in [4.78, 5) is 35.8. The zero-order valence-corrected chi connectivity index (χ0v) is 13.0. The third-order valence-corrected chi connectivity index (χ3v) is 4.74. The van der Waals surface area contributed by atoms with Gasteiger partial charge in [0.1, 0.15) is 0 Å². The van der Waals surface area contributed by atoms with Crippen LogP contribution in [0.2, 0.25) is 0 Å². The molecule has 0 spiro atoms. The zero-order valence-electron chi connectivity index (χ0n) is 10.6. The highest BCUT2D eigenvalue weighted by molar-refractivity contribution is 9.10. The lowest BCUT2D eigenvalue weighted by Gasteiger charge is -2.19. The third-order valence-electron chi connectivity index (χ3n) is 2.92. The Bertz CT molecular complexity index is 590. The van der Waals surface area contributed by atoms with Gasteiger partial charge in [0.05, 0.1) is 15.7 Å². The number of carbonyl (C=O) groups excluding carboxylic acids is 2. The van der Waals surface area contributed by atoms with Gasteiger partial charge in [0.25, 0.3) is 0 Å². The Labute approximate surface area is 128 Å². The van der Waals surface area contributed by atoms with Gasteiger partial charge in [0.15, 0.2) is 5.12 Å². The number of nitrogens with zero attached hydrogens (tertiary/aromatic N) is 1. The van der Waals surface area contributed by atoms with Gasteiger partial charge in [-0.25, -0.2) is 4.79 Å². The van der Waals surface area contributed by atoms with Gasteiger partial charge in [0.2, 0.25) is 5.91 Å². The van der Waals surface area contributed by atoms with E-state index >= 15 is 0 Å². The van der Waals surface area contributed by atoms with E-state index < -0.39 is 5.97 Å². The van der Waals surface area contributed by atoms with Crippen LogP contribution in [0.15, 0.2) is 22.7 Å². The summed E-state index contributed by atoms with van der Waals surface area (Å²) in [5.74, 6) is -1.16. The Morgan fingerprint density at radius 3 is 2.75 bits per heavy atom. The maximum atomic E-state index is 12.0. The molecule has 0 radical (unpaired) electrons. The summed E-state index contributed by atoms with van der Waals surface area (Å²) in [6.07, 6.45) is 0.286. The molecule has 7 heteroatoms. The number of thioether (sulfide) groups is 1. The smallest absolute Gasteiger partial charge is 0.336 e. The lowest BCUT2D eigenvalue weighted by atomic mass is 10.2. The monoisotopic (exact) mass is 357 g/mol. The summed E-state index contributed by atoms with van der Waals surface area (Å²) in [6.45, 7) is 1.88. The minimum Gasteiger partial charge on any atom is -0.478 e. The lowest BCUT2D eigenvalue weighted by Crippen LogP contribution is -2.25. The largest absolute Gasteiger partial charge is 0.478 e. The van der Waals surface area contributed by atoms with E-state index in [2.05, 4.69) is 15.9 Å². The van der Waals surface area contributed by atoms with E-state index in [9.17, 15) is 14.4 Å². The van der Waals surface area contributed by atoms with Gasteiger partial charge in [-0.05, 0) is 28.1 Å². The third kappa shape index (κ3) is 3.04. The molecule has 5 nitrogen and oxygen atoms in total. The topological polar surface area (TPSA) is 74.7 Å². The number of rotatable bonds is 3. The first kappa shape index (κ1) is 15.1. The molecule has 106 valence electrons. The van der Waals surface area contributed by atoms with E-state index in [-0.39, 0.29) is 28.3 Å². The van der Waals surface area contributed by atoms with Crippen molar-refractivity contribution in [1.82, 2.24) is 0 Å². The van der Waals surface area contributed by atoms with Gasteiger partial charge in [-0.3, -0.25) is 9.59 Å². The molecule has 1 amide bonds. The lowest BCUT2D eigenvalue weighted by molar-refractivity contribution is -0.117. The molecule has 1 fully saturated rings. The molecule has 1 atom stereocenters. The van der Waals surface area contributed by atoms with E-state index in [0.29, 0.717) is 16.7 Å². The number of carboxylic acid groups (broad SMARTS) is 1. The van der Waals surface area contributed by atoms with Crippen molar-refractivity contribution in [3.05, 3.63) is 28.2 Å². The molecule has 20 heavy (non-hydrogen) atoms.